The van der Waals surface area contributed by atoms with Gasteiger partial charge in [-0.2, -0.15) is 24.5 Å². The quantitative estimate of drug-likeness (QED) is 0.724. The molecule has 12 heteroatoms. The first kappa shape index (κ1) is 22.2. The van der Waals surface area contributed by atoms with Gasteiger partial charge in [0, 0.05) is 43.6 Å². The second-order valence-corrected chi connectivity index (χ2v) is 8.02. The summed E-state index contributed by atoms with van der Waals surface area (Å²) in [5, 5.41) is 18.0. The molecule has 2 aliphatic rings. The zero-order chi connectivity index (χ0) is 21.8. The van der Waals surface area contributed by atoms with Gasteiger partial charge in [-0.15, -0.1) is 0 Å². The van der Waals surface area contributed by atoms with E-state index in [1.54, 1.807) is 17.4 Å². The van der Waals surface area contributed by atoms with E-state index in [0.717, 1.165) is 26.2 Å². The average Bonchev–Trinajstić information content (AvgIpc) is 3.44. The number of likely N-dealkylation sites (tertiary alicyclic amines) is 1. The van der Waals surface area contributed by atoms with Gasteiger partial charge in [-0.1, -0.05) is 5.16 Å². The minimum absolute atomic E-state index is 0.00566. The van der Waals surface area contributed by atoms with Gasteiger partial charge >= 0.3 is 12.1 Å². The predicted octanol–water partition coefficient (Wildman–Crippen LogP) is 2.25. The minimum Gasteiger partial charge on any atom is -0.475 e. The fraction of sp³-hybridized carbons (Fsp3) is 0.500. The Labute approximate surface area is 173 Å². The number of alkyl halides is 3. The Kier molecular flexibility index (Phi) is 6.78. The first-order chi connectivity index (χ1) is 14.2. The monoisotopic (exact) mass is 447 g/mol. The summed E-state index contributed by atoms with van der Waals surface area (Å²) in [6, 6.07) is 3.75. The van der Waals surface area contributed by atoms with Crippen molar-refractivity contribution in [2.24, 2.45) is 11.3 Å². The van der Waals surface area contributed by atoms with E-state index in [9.17, 15) is 18.0 Å². The number of aliphatic carboxylic acids is 1. The number of thiophene rings is 1. The third-order valence-corrected chi connectivity index (χ3v) is 5.82. The molecule has 8 nitrogen and oxygen atoms in total. The molecular formula is C18H20F3N3O5S. The molecule has 4 rings (SSSR count). The van der Waals surface area contributed by atoms with Crippen LogP contribution >= 0.6 is 11.3 Å². The van der Waals surface area contributed by atoms with Crippen molar-refractivity contribution in [1.82, 2.24) is 15.4 Å². The van der Waals surface area contributed by atoms with Crippen LogP contribution in [0.4, 0.5) is 13.2 Å². The molecule has 2 saturated heterocycles. The van der Waals surface area contributed by atoms with E-state index in [4.69, 9.17) is 19.2 Å². The molecule has 2 aromatic heterocycles. The number of carbonyl (C=O) groups excluding carboxylic acids is 1. The van der Waals surface area contributed by atoms with Gasteiger partial charge in [0.05, 0.1) is 19.4 Å². The molecular weight excluding hydrogens is 427 g/mol. The van der Waals surface area contributed by atoms with Crippen molar-refractivity contribution in [2.75, 3.05) is 32.8 Å². The number of carbonyl (C=O) groups is 2. The lowest BCUT2D eigenvalue weighted by Gasteiger charge is -2.27. The molecule has 0 unspecified atom stereocenters. The lowest BCUT2D eigenvalue weighted by molar-refractivity contribution is -0.192. The molecule has 0 radical (unpaired) electrons. The largest absolute Gasteiger partial charge is 0.490 e. The highest BCUT2D eigenvalue weighted by Crippen LogP contribution is 2.41. The number of nitrogens with one attached hydrogen (secondary N) is 1. The van der Waals surface area contributed by atoms with Crippen LogP contribution in [0.2, 0.25) is 0 Å². The number of ether oxygens (including phenoxy) is 1. The summed E-state index contributed by atoms with van der Waals surface area (Å²) in [5.74, 6) is -2.24. The minimum atomic E-state index is -5.08. The standard InChI is InChI=1S/C16H19N3O3S.C2HF3O2/c20-15(14-1-3-18-22-14)17-9-16-10-19(5-12-2-4-23-8-12)6-13(16)7-21-11-16;3-2(4,5)1(6)7/h1-4,8,13H,5-7,9-11H2,(H,17,20);(H,6,7)/t13-,16+;/m1./s1. The number of carboxylic acid groups (broad SMARTS) is 1. The van der Waals surface area contributed by atoms with Crippen LogP contribution in [-0.2, 0) is 16.1 Å². The van der Waals surface area contributed by atoms with E-state index in [1.807, 2.05) is 0 Å². The average molecular weight is 447 g/mol. The summed E-state index contributed by atoms with van der Waals surface area (Å²) in [7, 11) is 0. The van der Waals surface area contributed by atoms with Crippen molar-refractivity contribution < 1.29 is 37.1 Å². The highest BCUT2D eigenvalue weighted by molar-refractivity contribution is 7.07. The van der Waals surface area contributed by atoms with Crippen LogP contribution in [-0.4, -0.2) is 66.1 Å². The Morgan fingerprint density at radius 1 is 1.40 bits per heavy atom. The number of carboxylic acids is 1. The number of aromatic nitrogens is 1. The third kappa shape index (κ3) is 5.37. The van der Waals surface area contributed by atoms with E-state index < -0.39 is 12.1 Å². The maximum atomic E-state index is 12.1. The zero-order valence-corrected chi connectivity index (χ0v) is 16.5. The number of halogens is 3. The Morgan fingerprint density at radius 3 is 2.77 bits per heavy atom. The van der Waals surface area contributed by atoms with E-state index in [2.05, 4.69) is 32.2 Å². The SMILES string of the molecule is O=C(NC[C@]12COC[C@H]1CN(Cc1ccsc1)C2)c1ccno1.O=C(O)C(F)(F)F. The van der Waals surface area contributed by atoms with Gasteiger partial charge in [0.2, 0.25) is 5.76 Å². The second-order valence-electron chi connectivity index (χ2n) is 7.24. The molecule has 2 aliphatic heterocycles. The lowest BCUT2D eigenvalue weighted by atomic mass is 9.81. The molecule has 0 aliphatic carbocycles. The number of hydrogen-bond acceptors (Lipinski definition) is 7. The molecule has 4 heterocycles. The Hall–Kier alpha value is -2.44. The van der Waals surface area contributed by atoms with Crippen LogP contribution in [0.15, 0.2) is 33.6 Å². The van der Waals surface area contributed by atoms with Gasteiger partial charge in [0.1, 0.15) is 0 Å². The molecule has 2 N–H and O–H groups in total. The first-order valence-electron chi connectivity index (χ1n) is 9.00. The lowest BCUT2D eigenvalue weighted by Crippen LogP contribution is -2.43. The topological polar surface area (TPSA) is 105 Å². The zero-order valence-electron chi connectivity index (χ0n) is 15.7. The summed E-state index contributed by atoms with van der Waals surface area (Å²) in [6.07, 6.45) is -3.60. The van der Waals surface area contributed by atoms with Crippen LogP contribution in [0.5, 0.6) is 0 Å². The number of hydrogen-bond donors (Lipinski definition) is 2. The smallest absolute Gasteiger partial charge is 0.475 e. The maximum Gasteiger partial charge on any atom is 0.490 e. The van der Waals surface area contributed by atoms with E-state index >= 15 is 0 Å². The van der Waals surface area contributed by atoms with Crippen molar-refractivity contribution in [3.63, 3.8) is 0 Å². The molecule has 30 heavy (non-hydrogen) atoms. The fourth-order valence-electron chi connectivity index (χ4n) is 3.63. The van der Waals surface area contributed by atoms with Crippen LogP contribution in [0, 0.1) is 11.3 Å². The van der Waals surface area contributed by atoms with E-state index in [-0.39, 0.29) is 17.1 Å². The molecule has 1 amide bonds. The number of nitrogens with zero attached hydrogens (tertiary/aromatic N) is 2. The summed E-state index contributed by atoms with van der Waals surface area (Å²) >= 11 is 1.73. The van der Waals surface area contributed by atoms with Crippen molar-refractivity contribution >= 4 is 23.2 Å². The second kappa shape index (κ2) is 9.14. The molecule has 0 spiro atoms. The Bertz CT molecular complexity index is 844. The van der Waals surface area contributed by atoms with Crippen molar-refractivity contribution in [1.29, 1.82) is 0 Å². The summed E-state index contributed by atoms with van der Waals surface area (Å²) in [5.41, 5.74) is 1.36. The maximum absolute atomic E-state index is 12.1. The van der Waals surface area contributed by atoms with Crippen molar-refractivity contribution in [3.05, 3.63) is 40.4 Å². The molecule has 0 bridgehead atoms. The van der Waals surface area contributed by atoms with E-state index in [0.29, 0.717) is 19.1 Å². The molecule has 2 atom stereocenters. The fourth-order valence-corrected chi connectivity index (χ4v) is 4.29. The van der Waals surface area contributed by atoms with Gasteiger partial charge in [-0.3, -0.25) is 9.69 Å². The van der Waals surface area contributed by atoms with Crippen molar-refractivity contribution in [2.45, 2.75) is 12.7 Å². The third-order valence-electron chi connectivity index (χ3n) is 5.08. The number of rotatable bonds is 5. The van der Waals surface area contributed by atoms with Gasteiger partial charge in [-0.05, 0) is 22.4 Å². The van der Waals surface area contributed by atoms with Gasteiger partial charge in [0.15, 0.2) is 0 Å². The Balaban J connectivity index is 0.000000318. The summed E-state index contributed by atoms with van der Waals surface area (Å²) in [6.45, 7) is 5.03. The normalized spacial score (nSPS) is 23.5. The molecule has 164 valence electrons. The molecule has 0 saturated carbocycles. The molecule has 0 aromatic carbocycles. The van der Waals surface area contributed by atoms with E-state index in [1.165, 1.54) is 11.8 Å². The van der Waals surface area contributed by atoms with Gasteiger partial charge in [0.25, 0.3) is 5.91 Å². The number of fused-ring (bicyclic) bond motifs is 1. The predicted molar refractivity (Wildman–Crippen MR) is 98.9 cm³/mol. The van der Waals surface area contributed by atoms with Crippen LogP contribution in [0.3, 0.4) is 0 Å². The van der Waals surface area contributed by atoms with Gasteiger partial charge in [-0.25, -0.2) is 4.79 Å². The molecule has 2 fully saturated rings. The van der Waals surface area contributed by atoms with Crippen LogP contribution in [0.1, 0.15) is 16.1 Å². The molecule has 2 aromatic rings. The van der Waals surface area contributed by atoms with Crippen LogP contribution in [0.25, 0.3) is 0 Å². The number of amides is 1. The highest BCUT2D eigenvalue weighted by atomic mass is 32.1. The highest BCUT2D eigenvalue weighted by Gasteiger charge is 2.50. The summed E-state index contributed by atoms with van der Waals surface area (Å²) < 4.78 is 42.4. The van der Waals surface area contributed by atoms with Crippen LogP contribution < -0.4 is 5.32 Å². The van der Waals surface area contributed by atoms with Crippen molar-refractivity contribution in [3.8, 4) is 0 Å². The Morgan fingerprint density at radius 2 is 2.17 bits per heavy atom. The first-order valence-corrected chi connectivity index (χ1v) is 9.94. The van der Waals surface area contributed by atoms with Gasteiger partial charge < -0.3 is 19.7 Å². The summed E-state index contributed by atoms with van der Waals surface area (Å²) in [4.78, 5) is 23.5.